The van der Waals surface area contributed by atoms with E-state index in [0.29, 0.717) is 17.4 Å². The number of rotatable bonds is 4. The molecule has 0 bridgehead atoms. The number of fused-ring (bicyclic) bond motifs is 1. The van der Waals surface area contributed by atoms with Crippen LogP contribution in [0, 0.1) is 10.1 Å². The molecular weight excluding hydrogens is 312 g/mol. The van der Waals surface area contributed by atoms with Crippen LogP contribution in [0.15, 0.2) is 59.7 Å². The first-order valence-corrected chi connectivity index (χ1v) is 6.95. The first kappa shape index (κ1) is 13.9. The van der Waals surface area contributed by atoms with Gasteiger partial charge in [-0.2, -0.15) is 5.10 Å². The summed E-state index contributed by atoms with van der Waals surface area (Å²) in [5.41, 5.74) is 2.21. The molecule has 3 heterocycles. The topological polar surface area (TPSA) is 111 Å². The SMILES string of the molecule is O=[N+]([O-])c1ccc(Nc2ncnn3cc(-c4ncco4)cc23)cc1. The van der Waals surface area contributed by atoms with Crippen molar-refractivity contribution in [1.29, 1.82) is 0 Å². The van der Waals surface area contributed by atoms with Crippen LogP contribution in [0.3, 0.4) is 0 Å². The third-order valence-electron chi connectivity index (χ3n) is 3.43. The Balaban J connectivity index is 1.70. The van der Waals surface area contributed by atoms with E-state index in [0.717, 1.165) is 11.1 Å². The Kier molecular flexibility index (Phi) is 3.16. The molecule has 0 amide bonds. The lowest BCUT2D eigenvalue weighted by Gasteiger charge is -2.06. The minimum absolute atomic E-state index is 0.0299. The first-order valence-electron chi connectivity index (χ1n) is 6.95. The van der Waals surface area contributed by atoms with Gasteiger partial charge in [-0.3, -0.25) is 10.1 Å². The number of nitro groups is 1. The standard InChI is InChI=1S/C15H10N6O3/c22-21(23)12-3-1-11(2-4-12)19-14-13-7-10(15-16-5-6-24-15)8-20(13)18-9-17-14/h1-9H,(H,17,18,19). The molecule has 0 aliphatic rings. The molecule has 0 saturated heterocycles. The number of nitro benzene ring substituents is 1. The van der Waals surface area contributed by atoms with Crippen molar-refractivity contribution in [3.05, 3.63) is 65.4 Å². The molecule has 1 aromatic carbocycles. The van der Waals surface area contributed by atoms with Crippen LogP contribution in [-0.2, 0) is 0 Å². The Bertz CT molecular complexity index is 1010. The summed E-state index contributed by atoms with van der Waals surface area (Å²) in [6.07, 6.45) is 6.27. The predicted octanol–water partition coefficient (Wildman–Crippen LogP) is 3.04. The second kappa shape index (κ2) is 5.47. The van der Waals surface area contributed by atoms with E-state index in [2.05, 4.69) is 20.4 Å². The molecule has 9 heteroatoms. The van der Waals surface area contributed by atoms with Crippen molar-refractivity contribution in [3.8, 4) is 11.5 Å². The van der Waals surface area contributed by atoms with E-state index in [1.165, 1.54) is 24.7 Å². The maximum Gasteiger partial charge on any atom is 0.269 e. The lowest BCUT2D eigenvalue weighted by atomic mass is 10.3. The number of hydrogen-bond acceptors (Lipinski definition) is 7. The van der Waals surface area contributed by atoms with Crippen LogP contribution in [0.1, 0.15) is 0 Å². The van der Waals surface area contributed by atoms with E-state index in [-0.39, 0.29) is 5.69 Å². The smallest absolute Gasteiger partial charge is 0.269 e. The summed E-state index contributed by atoms with van der Waals surface area (Å²) in [4.78, 5) is 18.6. The fourth-order valence-electron chi connectivity index (χ4n) is 2.31. The van der Waals surface area contributed by atoms with Gasteiger partial charge < -0.3 is 9.73 Å². The highest BCUT2D eigenvalue weighted by atomic mass is 16.6. The van der Waals surface area contributed by atoms with Crippen LogP contribution in [0.2, 0.25) is 0 Å². The Morgan fingerprint density at radius 2 is 2.04 bits per heavy atom. The summed E-state index contributed by atoms with van der Waals surface area (Å²) >= 11 is 0. The minimum Gasteiger partial charge on any atom is -0.444 e. The molecule has 0 aliphatic carbocycles. The third kappa shape index (κ3) is 2.43. The highest BCUT2D eigenvalue weighted by Gasteiger charge is 2.11. The second-order valence-electron chi connectivity index (χ2n) is 4.93. The average Bonchev–Trinajstić information content (AvgIpc) is 3.25. The van der Waals surface area contributed by atoms with Gasteiger partial charge in [-0.25, -0.2) is 14.5 Å². The molecule has 9 nitrogen and oxygen atoms in total. The fourth-order valence-corrected chi connectivity index (χ4v) is 2.31. The van der Waals surface area contributed by atoms with E-state index in [4.69, 9.17) is 4.42 Å². The number of nitrogens with one attached hydrogen (secondary N) is 1. The van der Waals surface area contributed by atoms with Gasteiger partial charge in [0.25, 0.3) is 5.69 Å². The van der Waals surface area contributed by atoms with Crippen LogP contribution in [-0.4, -0.2) is 24.5 Å². The summed E-state index contributed by atoms with van der Waals surface area (Å²) in [7, 11) is 0. The molecule has 118 valence electrons. The summed E-state index contributed by atoms with van der Waals surface area (Å²) in [5.74, 6) is 1.05. The number of anilines is 2. The van der Waals surface area contributed by atoms with Gasteiger partial charge >= 0.3 is 0 Å². The van der Waals surface area contributed by atoms with Crippen molar-refractivity contribution in [3.63, 3.8) is 0 Å². The van der Waals surface area contributed by atoms with Crippen LogP contribution < -0.4 is 5.32 Å². The first-order chi connectivity index (χ1) is 11.7. The van der Waals surface area contributed by atoms with Crippen LogP contribution >= 0.6 is 0 Å². The van der Waals surface area contributed by atoms with Gasteiger partial charge in [0.1, 0.15) is 18.1 Å². The van der Waals surface area contributed by atoms with Gasteiger partial charge in [0.2, 0.25) is 5.89 Å². The number of hydrogen-bond donors (Lipinski definition) is 1. The van der Waals surface area contributed by atoms with Crippen molar-refractivity contribution in [2.75, 3.05) is 5.32 Å². The van der Waals surface area contributed by atoms with E-state index < -0.39 is 4.92 Å². The molecule has 4 rings (SSSR count). The predicted molar refractivity (Wildman–Crippen MR) is 84.9 cm³/mol. The number of benzene rings is 1. The maximum absolute atomic E-state index is 10.7. The molecule has 0 unspecified atom stereocenters. The Hall–Kier alpha value is -3.75. The van der Waals surface area contributed by atoms with Gasteiger partial charge in [0.05, 0.1) is 16.7 Å². The van der Waals surface area contributed by atoms with Crippen molar-refractivity contribution in [1.82, 2.24) is 19.6 Å². The van der Waals surface area contributed by atoms with Crippen LogP contribution in [0.25, 0.3) is 17.0 Å². The lowest BCUT2D eigenvalue weighted by molar-refractivity contribution is -0.384. The van der Waals surface area contributed by atoms with Gasteiger partial charge in [-0.05, 0) is 18.2 Å². The van der Waals surface area contributed by atoms with E-state index >= 15 is 0 Å². The fraction of sp³-hybridized carbons (Fsp3) is 0. The quantitative estimate of drug-likeness (QED) is 0.454. The van der Waals surface area contributed by atoms with E-state index in [1.54, 1.807) is 29.0 Å². The minimum atomic E-state index is -0.442. The molecule has 3 aromatic heterocycles. The molecule has 0 aliphatic heterocycles. The number of nitrogens with zero attached hydrogens (tertiary/aromatic N) is 5. The maximum atomic E-state index is 10.7. The summed E-state index contributed by atoms with van der Waals surface area (Å²) in [6.45, 7) is 0. The molecule has 0 spiro atoms. The van der Waals surface area contributed by atoms with Crippen molar-refractivity contribution >= 4 is 22.7 Å². The van der Waals surface area contributed by atoms with E-state index in [1.807, 2.05) is 6.07 Å². The highest BCUT2D eigenvalue weighted by molar-refractivity contribution is 5.77. The average molecular weight is 322 g/mol. The summed E-state index contributed by atoms with van der Waals surface area (Å²) in [6, 6.07) is 7.94. The molecule has 0 fully saturated rings. The van der Waals surface area contributed by atoms with Gasteiger partial charge in [0, 0.05) is 24.0 Å². The van der Waals surface area contributed by atoms with Crippen molar-refractivity contribution in [2.24, 2.45) is 0 Å². The lowest BCUT2D eigenvalue weighted by Crippen LogP contribution is -1.99. The summed E-state index contributed by atoms with van der Waals surface area (Å²) < 4.78 is 6.94. The number of aromatic nitrogens is 4. The molecule has 0 atom stereocenters. The van der Waals surface area contributed by atoms with E-state index in [9.17, 15) is 10.1 Å². The molecule has 1 N–H and O–H groups in total. The zero-order chi connectivity index (χ0) is 16.5. The molecule has 24 heavy (non-hydrogen) atoms. The van der Waals surface area contributed by atoms with Crippen molar-refractivity contribution < 1.29 is 9.34 Å². The normalized spacial score (nSPS) is 10.8. The molecule has 0 radical (unpaired) electrons. The second-order valence-corrected chi connectivity index (χ2v) is 4.93. The monoisotopic (exact) mass is 322 g/mol. The van der Waals surface area contributed by atoms with Gasteiger partial charge in [-0.1, -0.05) is 0 Å². The third-order valence-corrected chi connectivity index (χ3v) is 3.43. The van der Waals surface area contributed by atoms with Crippen molar-refractivity contribution in [2.45, 2.75) is 0 Å². The summed E-state index contributed by atoms with van der Waals surface area (Å²) in [5, 5.41) is 18.0. The molecule has 0 saturated carbocycles. The molecular formula is C15H10N6O3. The van der Waals surface area contributed by atoms with Crippen LogP contribution in [0.5, 0.6) is 0 Å². The zero-order valence-electron chi connectivity index (χ0n) is 12.2. The Morgan fingerprint density at radius 1 is 1.21 bits per heavy atom. The Morgan fingerprint density at radius 3 is 2.75 bits per heavy atom. The zero-order valence-corrected chi connectivity index (χ0v) is 12.2. The Labute approximate surface area is 134 Å². The van der Waals surface area contributed by atoms with Crippen LogP contribution in [0.4, 0.5) is 17.2 Å². The van der Waals surface area contributed by atoms with Gasteiger partial charge in [-0.15, -0.1) is 0 Å². The highest BCUT2D eigenvalue weighted by Crippen LogP contribution is 2.26. The number of oxazole rings is 1. The largest absolute Gasteiger partial charge is 0.444 e. The van der Waals surface area contributed by atoms with Gasteiger partial charge in [0.15, 0.2) is 5.82 Å². The number of non-ortho nitro benzene ring substituents is 1. The molecule has 4 aromatic rings.